The van der Waals surface area contributed by atoms with E-state index in [1.54, 1.807) is 14.2 Å². The fraction of sp³-hybridized carbons (Fsp3) is 0.500. The van der Waals surface area contributed by atoms with Crippen LogP contribution in [-0.4, -0.2) is 39.0 Å². The minimum Gasteiger partial charge on any atom is -0.496 e. The van der Waals surface area contributed by atoms with Gasteiger partial charge in [0.2, 0.25) is 0 Å². The van der Waals surface area contributed by atoms with Crippen LogP contribution in [-0.2, 0) is 4.74 Å². The number of nitrogens with one attached hydrogen (secondary N) is 1. The van der Waals surface area contributed by atoms with Crippen molar-refractivity contribution in [1.82, 2.24) is 5.32 Å². The summed E-state index contributed by atoms with van der Waals surface area (Å²) in [5.74, 6) is 0.689. The molecule has 1 aromatic carbocycles. The van der Waals surface area contributed by atoms with E-state index >= 15 is 0 Å². The van der Waals surface area contributed by atoms with Gasteiger partial charge in [-0.15, -0.1) is 0 Å². The van der Waals surface area contributed by atoms with Crippen molar-refractivity contribution < 1.29 is 14.6 Å². The molecule has 0 aromatic heterocycles. The molecular weight excluding hydrogens is 286 g/mol. The maximum absolute atomic E-state index is 10.1. The first-order valence-corrected chi connectivity index (χ1v) is 6.19. The van der Waals surface area contributed by atoms with Crippen LogP contribution >= 0.6 is 15.9 Å². The fourth-order valence-electron chi connectivity index (χ4n) is 1.49. The summed E-state index contributed by atoms with van der Waals surface area (Å²) in [7, 11) is 3.24. The summed E-state index contributed by atoms with van der Waals surface area (Å²) in [5, 5.41) is 13.2. The van der Waals surface area contributed by atoms with E-state index in [1.165, 1.54) is 0 Å². The molecule has 0 aliphatic rings. The van der Waals surface area contributed by atoms with Crippen LogP contribution < -0.4 is 10.1 Å². The van der Waals surface area contributed by atoms with E-state index in [1.807, 2.05) is 18.2 Å². The summed E-state index contributed by atoms with van der Waals surface area (Å²) in [5.41, 5.74) is 0.770. The summed E-state index contributed by atoms with van der Waals surface area (Å²) in [6.07, 6.45) is -0.598. The molecule has 96 valence electrons. The molecular formula is C12H18BrNO3. The van der Waals surface area contributed by atoms with Gasteiger partial charge in [-0.3, -0.25) is 0 Å². The second-order valence-electron chi connectivity index (χ2n) is 3.60. The molecule has 5 heteroatoms. The number of methoxy groups -OCH3 is 2. The number of ether oxygens (including phenoxy) is 2. The van der Waals surface area contributed by atoms with Gasteiger partial charge in [0.15, 0.2) is 0 Å². The van der Waals surface area contributed by atoms with Gasteiger partial charge in [0, 0.05) is 30.2 Å². The summed E-state index contributed by atoms with van der Waals surface area (Å²) in [6, 6.07) is 5.58. The Morgan fingerprint density at radius 2 is 2.18 bits per heavy atom. The molecule has 1 rings (SSSR count). The van der Waals surface area contributed by atoms with Crippen LogP contribution in [0, 0.1) is 0 Å². The highest BCUT2D eigenvalue weighted by atomic mass is 79.9. The van der Waals surface area contributed by atoms with Gasteiger partial charge in [-0.25, -0.2) is 0 Å². The molecule has 0 aliphatic carbocycles. The summed E-state index contributed by atoms with van der Waals surface area (Å²) in [4.78, 5) is 0. The smallest absolute Gasteiger partial charge is 0.124 e. The van der Waals surface area contributed by atoms with Gasteiger partial charge >= 0.3 is 0 Å². The number of benzene rings is 1. The summed E-state index contributed by atoms with van der Waals surface area (Å²) < 4.78 is 11.1. The minimum absolute atomic E-state index is 0.468. The molecule has 0 aliphatic heterocycles. The van der Waals surface area contributed by atoms with Crippen LogP contribution in [0.3, 0.4) is 0 Å². The number of rotatable bonds is 7. The molecule has 2 N–H and O–H groups in total. The highest BCUT2D eigenvalue weighted by molar-refractivity contribution is 9.10. The lowest BCUT2D eigenvalue weighted by molar-refractivity contribution is 0.158. The van der Waals surface area contributed by atoms with E-state index in [-0.39, 0.29) is 0 Å². The standard InChI is InChI=1S/C12H18BrNO3/c1-16-6-5-14-8-11(15)10-7-9(13)3-4-12(10)17-2/h3-4,7,11,14-15H,5-6,8H2,1-2H3. The van der Waals surface area contributed by atoms with E-state index in [2.05, 4.69) is 21.2 Å². The molecule has 17 heavy (non-hydrogen) atoms. The predicted molar refractivity (Wildman–Crippen MR) is 70.4 cm³/mol. The van der Waals surface area contributed by atoms with Crippen molar-refractivity contribution in [1.29, 1.82) is 0 Å². The average Bonchev–Trinajstić information content (AvgIpc) is 2.34. The second-order valence-corrected chi connectivity index (χ2v) is 4.51. The molecule has 0 saturated heterocycles. The molecule has 0 heterocycles. The highest BCUT2D eigenvalue weighted by Crippen LogP contribution is 2.28. The maximum atomic E-state index is 10.1. The normalized spacial score (nSPS) is 12.5. The van der Waals surface area contributed by atoms with Crippen molar-refractivity contribution in [2.24, 2.45) is 0 Å². The monoisotopic (exact) mass is 303 g/mol. The molecule has 0 fully saturated rings. The Morgan fingerprint density at radius 1 is 1.41 bits per heavy atom. The SMILES string of the molecule is COCCNCC(O)c1cc(Br)ccc1OC. The Labute approximate surface area is 110 Å². The number of aliphatic hydroxyl groups is 1. The predicted octanol–water partition coefficient (Wildman–Crippen LogP) is 1.73. The third kappa shape index (κ3) is 4.63. The van der Waals surface area contributed by atoms with Crippen molar-refractivity contribution in [2.45, 2.75) is 6.10 Å². The molecule has 1 aromatic rings. The van der Waals surface area contributed by atoms with Crippen molar-refractivity contribution in [3.05, 3.63) is 28.2 Å². The average molecular weight is 304 g/mol. The van der Waals surface area contributed by atoms with E-state index in [0.29, 0.717) is 25.4 Å². The van der Waals surface area contributed by atoms with Crippen molar-refractivity contribution in [3.63, 3.8) is 0 Å². The van der Waals surface area contributed by atoms with E-state index in [9.17, 15) is 5.11 Å². The van der Waals surface area contributed by atoms with Gasteiger partial charge in [0.25, 0.3) is 0 Å². The van der Waals surface area contributed by atoms with Crippen molar-refractivity contribution in [3.8, 4) is 5.75 Å². The van der Waals surface area contributed by atoms with Gasteiger partial charge < -0.3 is 19.9 Å². The Bertz CT molecular complexity index is 347. The van der Waals surface area contributed by atoms with Gasteiger partial charge in [-0.1, -0.05) is 15.9 Å². The molecule has 0 amide bonds. The van der Waals surface area contributed by atoms with Gasteiger partial charge in [0.05, 0.1) is 19.8 Å². The molecule has 0 spiro atoms. The van der Waals surface area contributed by atoms with E-state index < -0.39 is 6.10 Å². The van der Waals surface area contributed by atoms with Crippen molar-refractivity contribution >= 4 is 15.9 Å². The first-order valence-electron chi connectivity index (χ1n) is 5.40. The number of aliphatic hydroxyl groups excluding tert-OH is 1. The summed E-state index contributed by atoms with van der Waals surface area (Å²) in [6.45, 7) is 1.81. The topological polar surface area (TPSA) is 50.7 Å². The van der Waals surface area contributed by atoms with Crippen LogP contribution in [0.25, 0.3) is 0 Å². The zero-order valence-corrected chi connectivity index (χ0v) is 11.7. The number of hydrogen-bond acceptors (Lipinski definition) is 4. The molecule has 0 bridgehead atoms. The molecule has 0 radical (unpaired) electrons. The Balaban J connectivity index is 2.60. The lowest BCUT2D eigenvalue weighted by Crippen LogP contribution is -2.25. The largest absolute Gasteiger partial charge is 0.496 e. The summed E-state index contributed by atoms with van der Waals surface area (Å²) >= 11 is 3.38. The highest BCUT2D eigenvalue weighted by Gasteiger charge is 2.13. The number of hydrogen-bond donors (Lipinski definition) is 2. The Morgan fingerprint density at radius 3 is 2.82 bits per heavy atom. The minimum atomic E-state index is -0.598. The quantitative estimate of drug-likeness (QED) is 0.753. The van der Waals surface area contributed by atoms with Crippen LogP contribution in [0.2, 0.25) is 0 Å². The van der Waals surface area contributed by atoms with Crippen LogP contribution in [0.4, 0.5) is 0 Å². The zero-order chi connectivity index (χ0) is 12.7. The molecule has 1 atom stereocenters. The lowest BCUT2D eigenvalue weighted by atomic mass is 10.1. The molecule has 1 unspecified atom stereocenters. The molecule has 0 saturated carbocycles. The molecule has 4 nitrogen and oxygen atoms in total. The third-order valence-corrected chi connectivity index (χ3v) is 2.86. The first-order chi connectivity index (χ1) is 8.19. The van der Waals surface area contributed by atoms with Gasteiger partial charge in [-0.2, -0.15) is 0 Å². The zero-order valence-electron chi connectivity index (χ0n) is 10.1. The van der Waals surface area contributed by atoms with Gasteiger partial charge in [-0.05, 0) is 18.2 Å². The number of halogens is 1. The van der Waals surface area contributed by atoms with E-state index in [4.69, 9.17) is 9.47 Å². The van der Waals surface area contributed by atoms with Crippen LogP contribution in [0.15, 0.2) is 22.7 Å². The third-order valence-electron chi connectivity index (χ3n) is 2.37. The Kier molecular flexibility index (Phi) is 6.50. The fourth-order valence-corrected chi connectivity index (χ4v) is 1.87. The van der Waals surface area contributed by atoms with Crippen LogP contribution in [0.5, 0.6) is 5.75 Å². The van der Waals surface area contributed by atoms with Gasteiger partial charge in [0.1, 0.15) is 5.75 Å². The second kappa shape index (κ2) is 7.66. The van der Waals surface area contributed by atoms with Crippen molar-refractivity contribution in [2.75, 3.05) is 33.9 Å². The van der Waals surface area contributed by atoms with E-state index in [0.717, 1.165) is 10.0 Å². The first kappa shape index (κ1) is 14.4. The lowest BCUT2D eigenvalue weighted by Gasteiger charge is -2.15. The Hall–Kier alpha value is -0.620. The van der Waals surface area contributed by atoms with Crippen LogP contribution in [0.1, 0.15) is 11.7 Å². The maximum Gasteiger partial charge on any atom is 0.124 e.